The van der Waals surface area contributed by atoms with Crippen LogP contribution in [0.1, 0.15) is 18.9 Å². The van der Waals surface area contributed by atoms with Crippen LogP contribution in [0.5, 0.6) is 5.75 Å². The number of hydrogen-bond acceptors (Lipinski definition) is 4. The van der Waals surface area contributed by atoms with E-state index < -0.39 is 5.97 Å². The molecule has 0 aliphatic heterocycles. The fraction of sp³-hybridized carbons (Fsp3) is 0.200. The molecule has 0 bridgehead atoms. The van der Waals surface area contributed by atoms with Crippen LogP contribution in [0.2, 0.25) is 0 Å². The Morgan fingerprint density at radius 1 is 1.12 bits per heavy atom. The average Bonchev–Trinajstić information content (AvgIpc) is 2.89. The summed E-state index contributed by atoms with van der Waals surface area (Å²) in [6, 6.07) is 7.12. The molecule has 0 heterocycles. The summed E-state index contributed by atoms with van der Waals surface area (Å²) in [7, 11) is 1.58. The highest BCUT2D eigenvalue weighted by Gasteiger charge is 2.22. The van der Waals surface area contributed by atoms with Crippen molar-refractivity contribution in [2.75, 3.05) is 13.7 Å². The van der Waals surface area contributed by atoms with Crippen LogP contribution in [0.25, 0.3) is 6.08 Å². The van der Waals surface area contributed by atoms with Crippen LogP contribution in [0.15, 0.2) is 65.8 Å². The fourth-order valence-corrected chi connectivity index (χ4v) is 2.21. The summed E-state index contributed by atoms with van der Waals surface area (Å²) in [5, 5.41) is 0. The maximum atomic E-state index is 12.8. The number of ether oxygens (including phenoxy) is 2. The molecule has 4 heteroatoms. The van der Waals surface area contributed by atoms with Gasteiger partial charge < -0.3 is 9.47 Å². The van der Waals surface area contributed by atoms with E-state index in [-0.39, 0.29) is 18.0 Å². The van der Waals surface area contributed by atoms with Crippen molar-refractivity contribution in [2.45, 2.75) is 13.3 Å². The van der Waals surface area contributed by atoms with Crippen LogP contribution < -0.4 is 4.74 Å². The first-order valence-electron chi connectivity index (χ1n) is 7.75. The van der Waals surface area contributed by atoms with Crippen molar-refractivity contribution in [3.05, 3.63) is 71.4 Å². The predicted molar refractivity (Wildman–Crippen MR) is 93.6 cm³/mol. The van der Waals surface area contributed by atoms with Gasteiger partial charge in [-0.1, -0.05) is 42.5 Å². The molecule has 0 radical (unpaired) electrons. The lowest BCUT2D eigenvalue weighted by molar-refractivity contribution is -0.139. The third-order valence-corrected chi connectivity index (χ3v) is 3.45. The molecule has 0 saturated carbocycles. The molecule has 1 aromatic carbocycles. The van der Waals surface area contributed by atoms with Gasteiger partial charge in [0, 0.05) is 5.57 Å². The lowest BCUT2D eigenvalue weighted by atomic mass is 9.98. The zero-order valence-corrected chi connectivity index (χ0v) is 13.8. The van der Waals surface area contributed by atoms with Crippen molar-refractivity contribution in [1.29, 1.82) is 0 Å². The summed E-state index contributed by atoms with van der Waals surface area (Å²) in [6.45, 7) is 1.93. The highest BCUT2D eigenvalue weighted by molar-refractivity contribution is 6.26. The number of ketones is 1. The van der Waals surface area contributed by atoms with Crippen LogP contribution in [-0.2, 0) is 14.3 Å². The summed E-state index contributed by atoms with van der Waals surface area (Å²) < 4.78 is 10.2. The predicted octanol–water partition coefficient (Wildman–Crippen LogP) is 3.65. The molecule has 0 fully saturated rings. The zero-order chi connectivity index (χ0) is 17.4. The molecule has 1 aliphatic carbocycles. The second-order valence-electron chi connectivity index (χ2n) is 5.09. The molecule has 1 aromatic rings. The molecular formula is C20H20O4. The van der Waals surface area contributed by atoms with E-state index in [1.54, 1.807) is 56.5 Å². The standard InChI is InChI=1S/C20H20O4/c1-3-24-20(22)18(14-15-10-12-17(23-2)13-11-15)19(21)16-8-6-4-5-7-9-16/h4-8,10-14H,3,9H2,1-2H3/b18-14+. The van der Waals surface area contributed by atoms with E-state index in [1.165, 1.54) is 0 Å². The molecule has 124 valence electrons. The monoisotopic (exact) mass is 324 g/mol. The van der Waals surface area contributed by atoms with Gasteiger partial charge in [-0.25, -0.2) is 4.79 Å². The van der Waals surface area contributed by atoms with E-state index in [0.717, 1.165) is 5.56 Å². The number of allylic oxidation sites excluding steroid dienone is 6. The average molecular weight is 324 g/mol. The molecule has 4 nitrogen and oxygen atoms in total. The molecule has 0 N–H and O–H groups in total. The van der Waals surface area contributed by atoms with E-state index in [2.05, 4.69) is 0 Å². The SMILES string of the molecule is CCOC(=O)/C(=C/c1ccc(OC)cc1)C(=O)C1=CC=CC=CC1. The van der Waals surface area contributed by atoms with Gasteiger partial charge in [0.15, 0.2) is 5.78 Å². The minimum absolute atomic E-state index is 0.0250. The third-order valence-electron chi connectivity index (χ3n) is 3.45. The maximum Gasteiger partial charge on any atom is 0.342 e. The van der Waals surface area contributed by atoms with Crippen LogP contribution in [0.4, 0.5) is 0 Å². The van der Waals surface area contributed by atoms with E-state index >= 15 is 0 Å². The second kappa shape index (κ2) is 8.67. The minimum Gasteiger partial charge on any atom is -0.497 e. The fourth-order valence-electron chi connectivity index (χ4n) is 2.21. The Morgan fingerprint density at radius 2 is 1.88 bits per heavy atom. The Balaban J connectivity index is 2.36. The van der Waals surface area contributed by atoms with Crippen molar-refractivity contribution in [3.8, 4) is 5.75 Å². The Labute approximate surface area is 141 Å². The number of benzene rings is 1. The Morgan fingerprint density at radius 3 is 2.54 bits per heavy atom. The number of rotatable bonds is 6. The van der Waals surface area contributed by atoms with Gasteiger partial charge in [0.1, 0.15) is 11.3 Å². The number of methoxy groups -OCH3 is 1. The van der Waals surface area contributed by atoms with Crippen LogP contribution in [0.3, 0.4) is 0 Å². The summed E-state index contributed by atoms with van der Waals surface area (Å²) in [5.74, 6) is -0.227. The molecule has 0 unspecified atom stereocenters. The molecule has 0 amide bonds. The largest absolute Gasteiger partial charge is 0.497 e. The molecule has 1 aliphatic rings. The van der Waals surface area contributed by atoms with Gasteiger partial charge in [0.2, 0.25) is 0 Å². The zero-order valence-electron chi connectivity index (χ0n) is 13.8. The third kappa shape index (κ3) is 4.56. The first kappa shape index (κ1) is 17.5. The summed E-state index contributed by atoms with van der Waals surface area (Å²) in [6.07, 6.45) is 11.1. The first-order valence-corrected chi connectivity index (χ1v) is 7.75. The van der Waals surface area contributed by atoms with Crippen LogP contribution in [-0.4, -0.2) is 25.5 Å². The molecule has 0 saturated heterocycles. The molecular weight excluding hydrogens is 304 g/mol. The van der Waals surface area contributed by atoms with E-state index in [9.17, 15) is 9.59 Å². The van der Waals surface area contributed by atoms with Gasteiger partial charge in [-0.05, 0) is 37.1 Å². The Hall–Kier alpha value is -2.88. The van der Waals surface area contributed by atoms with Gasteiger partial charge >= 0.3 is 5.97 Å². The smallest absolute Gasteiger partial charge is 0.342 e. The quantitative estimate of drug-likeness (QED) is 0.347. The van der Waals surface area contributed by atoms with Gasteiger partial charge in [-0.15, -0.1) is 0 Å². The van der Waals surface area contributed by atoms with Crippen molar-refractivity contribution < 1.29 is 19.1 Å². The molecule has 0 aromatic heterocycles. The maximum absolute atomic E-state index is 12.8. The first-order chi connectivity index (χ1) is 11.7. The van der Waals surface area contributed by atoms with E-state index in [0.29, 0.717) is 17.7 Å². The number of Topliss-reactive ketones (excluding diaryl/α,β-unsaturated/α-hetero) is 1. The van der Waals surface area contributed by atoms with Gasteiger partial charge in [-0.3, -0.25) is 4.79 Å². The highest BCUT2D eigenvalue weighted by Crippen LogP contribution is 2.19. The van der Waals surface area contributed by atoms with Gasteiger partial charge in [0.05, 0.1) is 13.7 Å². The van der Waals surface area contributed by atoms with Gasteiger partial charge in [0.25, 0.3) is 0 Å². The topological polar surface area (TPSA) is 52.6 Å². The molecule has 0 atom stereocenters. The van der Waals surface area contributed by atoms with Crippen molar-refractivity contribution in [2.24, 2.45) is 0 Å². The van der Waals surface area contributed by atoms with E-state index in [4.69, 9.17) is 9.47 Å². The summed E-state index contributed by atoms with van der Waals surface area (Å²) in [5.41, 5.74) is 1.30. The van der Waals surface area contributed by atoms with Crippen molar-refractivity contribution >= 4 is 17.8 Å². The van der Waals surface area contributed by atoms with E-state index in [1.807, 2.05) is 18.2 Å². The number of carbonyl (C=O) groups is 2. The number of carbonyl (C=O) groups excluding carboxylic acids is 2. The van der Waals surface area contributed by atoms with Crippen LogP contribution in [0, 0.1) is 0 Å². The normalized spacial score (nSPS) is 13.9. The molecule has 0 spiro atoms. The minimum atomic E-state index is -0.614. The Kier molecular flexibility index (Phi) is 6.32. The van der Waals surface area contributed by atoms with Gasteiger partial charge in [-0.2, -0.15) is 0 Å². The molecule has 24 heavy (non-hydrogen) atoms. The number of hydrogen-bond donors (Lipinski definition) is 0. The van der Waals surface area contributed by atoms with Crippen LogP contribution >= 0.6 is 0 Å². The summed E-state index contributed by atoms with van der Waals surface area (Å²) in [4.78, 5) is 25.0. The lowest BCUT2D eigenvalue weighted by Gasteiger charge is -2.08. The second-order valence-corrected chi connectivity index (χ2v) is 5.09. The van der Waals surface area contributed by atoms with Crippen molar-refractivity contribution in [3.63, 3.8) is 0 Å². The highest BCUT2D eigenvalue weighted by atomic mass is 16.5. The van der Waals surface area contributed by atoms with Crippen molar-refractivity contribution in [1.82, 2.24) is 0 Å². The number of esters is 1. The Bertz CT molecular complexity index is 719. The lowest BCUT2D eigenvalue weighted by Crippen LogP contribution is -2.17. The molecule has 2 rings (SSSR count). The summed E-state index contributed by atoms with van der Waals surface area (Å²) >= 11 is 0.